The van der Waals surface area contributed by atoms with Gasteiger partial charge < -0.3 is 14.7 Å². The Morgan fingerprint density at radius 1 is 0.897 bits per heavy atom. The van der Waals surface area contributed by atoms with E-state index in [9.17, 15) is 0 Å². The molecular weight excluding hydrogens is 360 g/mol. The van der Waals surface area contributed by atoms with Crippen molar-refractivity contribution in [2.75, 3.05) is 57.8 Å². The Balaban J connectivity index is 0.000000194. The largest absolute Gasteiger partial charge is 0.339 e. The van der Waals surface area contributed by atoms with Gasteiger partial charge in [0.1, 0.15) is 0 Å². The molecule has 3 aliphatic rings. The maximum Gasteiger partial charge on any atom is 0.245 e. The van der Waals surface area contributed by atoms with E-state index < -0.39 is 0 Å². The fourth-order valence-corrected chi connectivity index (χ4v) is 4.19. The van der Waals surface area contributed by atoms with Crippen molar-refractivity contribution >= 4 is 5.95 Å². The monoisotopic (exact) mass is 404 g/mol. The normalized spacial score (nSPS) is 22.2. The third kappa shape index (κ3) is 8.17. The van der Waals surface area contributed by atoms with Crippen LogP contribution in [0.2, 0.25) is 0 Å². The van der Waals surface area contributed by atoms with E-state index in [-0.39, 0.29) is 0 Å². The summed E-state index contributed by atoms with van der Waals surface area (Å²) in [6.45, 7) is 19.3. The molecule has 166 valence electrons. The molecule has 1 aromatic rings. The summed E-state index contributed by atoms with van der Waals surface area (Å²) in [5, 5.41) is 7.95. The summed E-state index contributed by atoms with van der Waals surface area (Å²) in [5.74, 6) is 3.49. The molecule has 29 heavy (non-hydrogen) atoms. The predicted molar refractivity (Wildman–Crippen MR) is 122 cm³/mol. The second kappa shape index (κ2) is 12.4. The summed E-state index contributed by atoms with van der Waals surface area (Å²) in [6.07, 6.45) is 7.44. The lowest BCUT2D eigenvalue weighted by Gasteiger charge is -2.36. The average molecular weight is 405 g/mol. The van der Waals surface area contributed by atoms with E-state index in [2.05, 4.69) is 50.8 Å². The zero-order valence-electron chi connectivity index (χ0n) is 19.8. The van der Waals surface area contributed by atoms with E-state index in [1.807, 2.05) is 20.8 Å². The van der Waals surface area contributed by atoms with Crippen molar-refractivity contribution in [1.82, 2.24) is 25.0 Å². The van der Waals surface area contributed by atoms with Gasteiger partial charge in [0.15, 0.2) is 0 Å². The molecule has 0 atom stereocenters. The first kappa shape index (κ1) is 24.0. The van der Waals surface area contributed by atoms with Gasteiger partial charge in [-0.15, -0.1) is 5.10 Å². The summed E-state index contributed by atoms with van der Waals surface area (Å²) in [6, 6.07) is 0. The number of nitrogens with zero attached hydrogens (tertiary/aromatic N) is 6. The van der Waals surface area contributed by atoms with Crippen LogP contribution in [-0.2, 0) is 0 Å². The minimum Gasteiger partial charge on any atom is -0.339 e. The summed E-state index contributed by atoms with van der Waals surface area (Å²) >= 11 is 0. The van der Waals surface area contributed by atoms with Gasteiger partial charge in [-0.2, -0.15) is 5.10 Å². The topological polar surface area (TPSA) is 48.4 Å². The molecule has 3 aliphatic heterocycles. The van der Waals surface area contributed by atoms with Crippen molar-refractivity contribution in [3.8, 4) is 0 Å². The number of piperidine rings is 2. The van der Waals surface area contributed by atoms with Crippen LogP contribution in [0.4, 0.5) is 5.95 Å². The Labute approximate surface area is 179 Å². The van der Waals surface area contributed by atoms with Crippen LogP contribution in [0, 0.1) is 24.7 Å². The molecular formula is C23H44N6. The summed E-state index contributed by atoms with van der Waals surface area (Å²) < 4.78 is 0. The third-order valence-electron chi connectivity index (χ3n) is 6.24. The summed E-state index contributed by atoms with van der Waals surface area (Å²) in [4.78, 5) is 11.5. The van der Waals surface area contributed by atoms with Crippen molar-refractivity contribution in [2.45, 2.75) is 60.3 Å². The van der Waals surface area contributed by atoms with Gasteiger partial charge in [-0.3, -0.25) is 0 Å². The maximum atomic E-state index is 4.19. The zero-order valence-corrected chi connectivity index (χ0v) is 19.8. The van der Waals surface area contributed by atoms with Gasteiger partial charge in [0, 0.05) is 19.6 Å². The van der Waals surface area contributed by atoms with Crippen molar-refractivity contribution in [1.29, 1.82) is 0 Å². The van der Waals surface area contributed by atoms with Crippen LogP contribution in [0.1, 0.15) is 59.1 Å². The number of hydrogen-bond donors (Lipinski definition) is 0. The Kier molecular flexibility index (Phi) is 10.3. The van der Waals surface area contributed by atoms with E-state index in [4.69, 9.17) is 0 Å². The van der Waals surface area contributed by atoms with Crippen LogP contribution in [-0.4, -0.2) is 77.8 Å². The lowest BCUT2D eigenvalue weighted by molar-refractivity contribution is 0.130. The second-order valence-electron chi connectivity index (χ2n) is 9.14. The first-order valence-corrected chi connectivity index (χ1v) is 11.8. The molecule has 0 unspecified atom stereocenters. The van der Waals surface area contributed by atoms with Crippen molar-refractivity contribution < 1.29 is 0 Å². The number of anilines is 1. The summed E-state index contributed by atoms with van der Waals surface area (Å²) in [7, 11) is 2.25. The molecule has 3 fully saturated rings. The second-order valence-corrected chi connectivity index (χ2v) is 9.14. The lowest BCUT2D eigenvalue weighted by atomic mass is 9.94. The van der Waals surface area contributed by atoms with Gasteiger partial charge in [0.25, 0.3) is 0 Å². The number of hydrogen-bond acceptors (Lipinski definition) is 6. The maximum absolute atomic E-state index is 4.19. The molecule has 0 amide bonds. The minimum absolute atomic E-state index is 0.763. The number of rotatable bonds is 3. The fourth-order valence-electron chi connectivity index (χ4n) is 4.19. The van der Waals surface area contributed by atoms with Gasteiger partial charge in [-0.25, -0.2) is 4.98 Å². The zero-order chi connectivity index (χ0) is 21.2. The predicted octanol–water partition coefficient (Wildman–Crippen LogP) is 3.72. The number of likely N-dealkylation sites (tertiary alicyclic amines) is 2. The van der Waals surface area contributed by atoms with Gasteiger partial charge in [0.2, 0.25) is 5.95 Å². The Morgan fingerprint density at radius 2 is 1.52 bits per heavy atom. The van der Waals surface area contributed by atoms with Gasteiger partial charge in [-0.1, -0.05) is 27.7 Å². The van der Waals surface area contributed by atoms with Gasteiger partial charge in [-0.05, 0) is 83.6 Å². The Hall–Kier alpha value is -1.27. The molecule has 0 spiro atoms. The Morgan fingerprint density at radius 3 is 2.03 bits per heavy atom. The van der Waals surface area contributed by atoms with Crippen LogP contribution in [0.5, 0.6) is 0 Å². The molecule has 0 aromatic carbocycles. The first-order valence-electron chi connectivity index (χ1n) is 11.8. The average Bonchev–Trinajstić information content (AvgIpc) is 2.72. The number of aryl methyl sites for hydroxylation is 1. The van der Waals surface area contributed by atoms with Crippen molar-refractivity contribution in [3.63, 3.8) is 0 Å². The molecule has 1 aromatic heterocycles. The van der Waals surface area contributed by atoms with E-state index >= 15 is 0 Å². The van der Waals surface area contributed by atoms with Crippen LogP contribution in [0.3, 0.4) is 0 Å². The van der Waals surface area contributed by atoms with Crippen molar-refractivity contribution in [3.05, 3.63) is 11.9 Å². The van der Waals surface area contributed by atoms with E-state index in [1.54, 1.807) is 6.20 Å². The van der Waals surface area contributed by atoms with Crippen LogP contribution in [0.25, 0.3) is 0 Å². The summed E-state index contributed by atoms with van der Waals surface area (Å²) in [5.41, 5.74) is 0.868. The van der Waals surface area contributed by atoms with Gasteiger partial charge >= 0.3 is 0 Å². The molecule has 6 heteroatoms. The Bertz CT molecular complexity index is 521. The molecule has 6 nitrogen and oxygen atoms in total. The molecule has 0 saturated carbocycles. The minimum atomic E-state index is 0.763. The van der Waals surface area contributed by atoms with E-state index in [1.165, 1.54) is 58.4 Å². The molecule has 0 aliphatic carbocycles. The van der Waals surface area contributed by atoms with E-state index in [0.717, 1.165) is 42.5 Å². The smallest absolute Gasteiger partial charge is 0.245 e. The standard InChI is InChI=1S/C13H26N2.C8H12N4.C2H6/c1-12-3-9-15(10-4-12)11-13-5-7-14(2)8-6-13;1-6-4-12(5-6)8-9-3-7(2)10-11-8;1-2/h12-13H,3-11H2,1-2H3;3,6H,4-5H2,1-2H3;1-2H3. The third-order valence-corrected chi connectivity index (χ3v) is 6.24. The highest BCUT2D eigenvalue weighted by molar-refractivity contribution is 5.31. The molecule has 4 rings (SSSR count). The van der Waals surface area contributed by atoms with Crippen LogP contribution < -0.4 is 4.90 Å². The van der Waals surface area contributed by atoms with Crippen LogP contribution >= 0.6 is 0 Å². The fraction of sp³-hybridized carbons (Fsp3) is 0.870. The molecule has 4 heterocycles. The molecule has 0 N–H and O–H groups in total. The molecule has 3 saturated heterocycles. The van der Waals surface area contributed by atoms with Crippen molar-refractivity contribution in [2.24, 2.45) is 17.8 Å². The lowest BCUT2D eigenvalue weighted by Crippen LogP contribution is -2.46. The molecule has 0 bridgehead atoms. The van der Waals surface area contributed by atoms with Gasteiger partial charge in [0.05, 0.1) is 11.9 Å². The quantitative estimate of drug-likeness (QED) is 0.765. The highest BCUT2D eigenvalue weighted by Gasteiger charge is 2.24. The first-order chi connectivity index (χ1) is 14.0. The highest BCUT2D eigenvalue weighted by atomic mass is 15.3. The number of aromatic nitrogens is 3. The SMILES string of the molecule is CC.CC1CCN(CC2CCN(C)CC2)CC1.Cc1cnc(N2CC(C)C2)nn1. The van der Waals surface area contributed by atoms with Crippen LogP contribution in [0.15, 0.2) is 6.20 Å². The van der Waals surface area contributed by atoms with E-state index in [0.29, 0.717) is 0 Å². The highest BCUT2D eigenvalue weighted by Crippen LogP contribution is 2.21. The molecule has 0 radical (unpaired) electrons.